The van der Waals surface area contributed by atoms with Crippen molar-refractivity contribution in [2.45, 2.75) is 32.8 Å². The van der Waals surface area contributed by atoms with Gasteiger partial charge in [0.2, 0.25) is 0 Å². The zero-order valence-corrected chi connectivity index (χ0v) is 13.4. The van der Waals surface area contributed by atoms with Crippen molar-refractivity contribution in [3.63, 3.8) is 0 Å². The van der Waals surface area contributed by atoms with Crippen LogP contribution in [0, 0.1) is 19.8 Å². The summed E-state index contributed by atoms with van der Waals surface area (Å²) in [6.07, 6.45) is 1.36. The largest absolute Gasteiger partial charge is 0.480 e. The average Bonchev–Trinajstić information content (AvgIpc) is 3.05. The van der Waals surface area contributed by atoms with Crippen LogP contribution < -0.4 is 10.5 Å². The fourth-order valence-corrected chi connectivity index (χ4v) is 3.08. The monoisotopic (exact) mass is 310 g/mol. The van der Waals surface area contributed by atoms with Crippen molar-refractivity contribution in [3.8, 4) is 5.75 Å². The molecule has 2 aliphatic heterocycles. The second-order valence-corrected chi connectivity index (χ2v) is 6.03. The second-order valence-electron chi connectivity index (χ2n) is 6.03. The van der Waals surface area contributed by atoms with Crippen LogP contribution in [0.1, 0.15) is 23.1 Å². The summed E-state index contributed by atoms with van der Waals surface area (Å²) in [5.41, 5.74) is 9.30. The van der Waals surface area contributed by atoms with E-state index >= 15 is 0 Å². The molecule has 3 rings (SSSR count). The second kappa shape index (κ2) is 6.24. The average molecular weight is 311 g/mol. The highest BCUT2D eigenvalue weighted by Crippen LogP contribution is 2.32. The summed E-state index contributed by atoms with van der Waals surface area (Å²) in [7, 11) is 0. The van der Waals surface area contributed by atoms with E-state index in [1.807, 2.05) is 11.0 Å². The SMILES string of the molecule is Cc1cc2c(cc1C)OC(C(=O)N1CCC(CN)C1)C2.Cl. The van der Waals surface area contributed by atoms with Gasteiger partial charge in [0.1, 0.15) is 5.75 Å². The summed E-state index contributed by atoms with van der Waals surface area (Å²) >= 11 is 0. The Morgan fingerprint density at radius 3 is 2.76 bits per heavy atom. The highest BCUT2D eigenvalue weighted by molar-refractivity contribution is 5.85. The van der Waals surface area contributed by atoms with E-state index in [0.29, 0.717) is 18.9 Å². The van der Waals surface area contributed by atoms with Gasteiger partial charge in [-0.15, -0.1) is 12.4 Å². The lowest BCUT2D eigenvalue weighted by Crippen LogP contribution is -2.40. The summed E-state index contributed by atoms with van der Waals surface area (Å²) in [4.78, 5) is 14.4. The predicted octanol–water partition coefficient (Wildman–Crippen LogP) is 1.84. The molecule has 116 valence electrons. The van der Waals surface area contributed by atoms with Crippen molar-refractivity contribution in [1.29, 1.82) is 0 Å². The van der Waals surface area contributed by atoms with Crippen molar-refractivity contribution in [1.82, 2.24) is 4.90 Å². The maximum atomic E-state index is 12.5. The molecule has 0 aliphatic carbocycles. The van der Waals surface area contributed by atoms with E-state index in [4.69, 9.17) is 10.5 Å². The van der Waals surface area contributed by atoms with Crippen molar-refractivity contribution < 1.29 is 9.53 Å². The molecule has 0 aromatic heterocycles. The van der Waals surface area contributed by atoms with Crippen molar-refractivity contribution in [3.05, 3.63) is 28.8 Å². The molecule has 1 aromatic rings. The molecule has 2 unspecified atom stereocenters. The molecular weight excluding hydrogens is 288 g/mol. The van der Waals surface area contributed by atoms with E-state index in [9.17, 15) is 4.79 Å². The molecule has 0 bridgehead atoms. The smallest absolute Gasteiger partial charge is 0.264 e. The topological polar surface area (TPSA) is 55.6 Å². The Hall–Kier alpha value is -1.26. The molecule has 2 N–H and O–H groups in total. The van der Waals surface area contributed by atoms with Crippen LogP contribution in [0.3, 0.4) is 0 Å². The minimum Gasteiger partial charge on any atom is -0.480 e. The first-order valence-corrected chi connectivity index (χ1v) is 7.34. The van der Waals surface area contributed by atoms with Crippen LogP contribution in [0.4, 0.5) is 0 Å². The third kappa shape index (κ3) is 3.01. The van der Waals surface area contributed by atoms with Gasteiger partial charge in [-0.3, -0.25) is 4.79 Å². The number of hydrogen-bond acceptors (Lipinski definition) is 3. The Balaban J connectivity index is 0.00000161. The predicted molar refractivity (Wildman–Crippen MR) is 85.0 cm³/mol. The maximum absolute atomic E-state index is 12.5. The van der Waals surface area contributed by atoms with Gasteiger partial charge in [-0.1, -0.05) is 6.07 Å². The molecule has 1 aromatic carbocycles. The van der Waals surface area contributed by atoms with Crippen LogP contribution in [0.2, 0.25) is 0 Å². The summed E-state index contributed by atoms with van der Waals surface area (Å²) in [6.45, 7) is 6.42. The highest BCUT2D eigenvalue weighted by Gasteiger charge is 2.35. The number of carbonyl (C=O) groups excluding carboxylic acids is 1. The number of likely N-dealkylation sites (tertiary alicyclic amines) is 1. The number of fused-ring (bicyclic) bond motifs is 1. The highest BCUT2D eigenvalue weighted by atomic mass is 35.5. The van der Waals surface area contributed by atoms with Crippen LogP contribution in [0.5, 0.6) is 5.75 Å². The molecule has 0 saturated carbocycles. The first-order chi connectivity index (χ1) is 9.58. The van der Waals surface area contributed by atoms with Crippen LogP contribution in [0.25, 0.3) is 0 Å². The van der Waals surface area contributed by atoms with Gasteiger partial charge >= 0.3 is 0 Å². The normalized spacial score (nSPS) is 23.5. The number of nitrogens with zero attached hydrogens (tertiary/aromatic N) is 1. The zero-order valence-electron chi connectivity index (χ0n) is 12.6. The maximum Gasteiger partial charge on any atom is 0.264 e. The molecule has 1 fully saturated rings. The third-order valence-electron chi connectivity index (χ3n) is 4.56. The molecule has 21 heavy (non-hydrogen) atoms. The quantitative estimate of drug-likeness (QED) is 0.907. The number of benzene rings is 1. The van der Waals surface area contributed by atoms with E-state index in [2.05, 4.69) is 19.9 Å². The van der Waals surface area contributed by atoms with Gasteiger partial charge in [-0.25, -0.2) is 0 Å². The lowest BCUT2D eigenvalue weighted by molar-refractivity contribution is -0.136. The lowest BCUT2D eigenvalue weighted by atomic mass is 10.0. The first kappa shape index (κ1) is 16.1. The van der Waals surface area contributed by atoms with Gasteiger partial charge in [0.05, 0.1) is 0 Å². The number of amides is 1. The summed E-state index contributed by atoms with van der Waals surface area (Å²) in [6, 6.07) is 4.19. The fraction of sp³-hybridized carbons (Fsp3) is 0.562. The molecule has 2 heterocycles. The molecule has 1 amide bonds. The van der Waals surface area contributed by atoms with Crippen molar-refractivity contribution in [2.24, 2.45) is 11.7 Å². The van der Waals surface area contributed by atoms with Crippen LogP contribution in [-0.4, -0.2) is 36.5 Å². The standard InChI is InChI=1S/C16H22N2O2.ClH/c1-10-5-13-7-15(20-14(13)6-11(10)2)16(19)18-4-3-12(8-17)9-18;/h5-6,12,15H,3-4,7-9,17H2,1-2H3;1H. The van der Waals surface area contributed by atoms with Crippen molar-refractivity contribution >= 4 is 18.3 Å². The Morgan fingerprint density at radius 1 is 1.38 bits per heavy atom. The number of nitrogens with two attached hydrogens (primary N) is 1. The number of rotatable bonds is 2. The van der Waals surface area contributed by atoms with Crippen LogP contribution in [-0.2, 0) is 11.2 Å². The van der Waals surface area contributed by atoms with Gasteiger partial charge < -0.3 is 15.4 Å². The van der Waals surface area contributed by atoms with E-state index in [1.165, 1.54) is 11.1 Å². The minimum absolute atomic E-state index is 0. The number of halogens is 1. The van der Waals surface area contributed by atoms with Gasteiger partial charge in [-0.05, 0) is 55.5 Å². The van der Waals surface area contributed by atoms with E-state index < -0.39 is 0 Å². The number of aryl methyl sites for hydroxylation is 2. The zero-order chi connectivity index (χ0) is 14.3. The van der Waals surface area contributed by atoms with Gasteiger partial charge in [0, 0.05) is 19.5 Å². The molecule has 1 saturated heterocycles. The molecule has 2 atom stereocenters. The summed E-state index contributed by atoms with van der Waals surface area (Å²) < 4.78 is 5.86. The Labute approximate surface area is 132 Å². The Kier molecular flexibility index (Phi) is 4.79. The van der Waals surface area contributed by atoms with Crippen LogP contribution >= 0.6 is 12.4 Å². The van der Waals surface area contributed by atoms with Gasteiger partial charge in [-0.2, -0.15) is 0 Å². The number of ether oxygens (including phenoxy) is 1. The first-order valence-electron chi connectivity index (χ1n) is 7.34. The molecule has 2 aliphatic rings. The molecule has 0 radical (unpaired) electrons. The Morgan fingerprint density at radius 2 is 2.10 bits per heavy atom. The molecule has 0 spiro atoms. The lowest BCUT2D eigenvalue weighted by Gasteiger charge is -2.20. The number of carbonyl (C=O) groups is 1. The molecule has 4 nitrogen and oxygen atoms in total. The van der Waals surface area contributed by atoms with Gasteiger partial charge in [0.15, 0.2) is 6.10 Å². The van der Waals surface area contributed by atoms with Crippen molar-refractivity contribution in [2.75, 3.05) is 19.6 Å². The number of hydrogen-bond donors (Lipinski definition) is 1. The third-order valence-corrected chi connectivity index (χ3v) is 4.56. The Bertz CT molecular complexity index is 516. The summed E-state index contributed by atoms with van der Waals surface area (Å²) in [5, 5.41) is 0. The van der Waals surface area contributed by atoms with E-state index in [-0.39, 0.29) is 24.4 Å². The summed E-state index contributed by atoms with van der Waals surface area (Å²) in [5.74, 6) is 1.45. The fourth-order valence-electron chi connectivity index (χ4n) is 3.08. The van der Waals surface area contributed by atoms with E-state index in [0.717, 1.165) is 30.8 Å². The minimum atomic E-state index is -0.345. The molecule has 5 heteroatoms. The van der Waals surface area contributed by atoms with Crippen LogP contribution in [0.15, 0.2) is 12.1 Å². The van der Waals surface area contributed by atoms with E-state index in [1.54, 1.807) is 0 Å². The molecular formula is C16H23ClN2O2. The van der Waals surface area contributed by atoms with Gasteiger partial charge in [0.25, 0.3) is 5.91 Å².